The van der Waals surface area contributed by atoms with E-state index in [4.69, 9.17) is 9.84 Å². The summed E-state index contributed by atoms with van der Waals surface area (Å²) in [4.78, 5) is 9.81. The number of phenolic OH excluding ortho intramolecular Hbond substituents is 1. The van der Waals surface area contributed by atoms with Crippen LogP contribution in [0.4, 0.5) is 5.69 Å². The van der Waals surface area contributed by atoms with Gasteiger partial charge in [-0.25, -0.2) is 0 Å². The summed E-state index contributed by atoms with van der Waals surface area (Å²) >= 11 is 0. The lowest BCUT2D eigenvalue weighted by Gasteiger charge is -1.97. The molecular weight excluding hydrogens is 174 g/mol. The summed E-state index contributed by atoms with van der Waals surface area (Å²) in [6.45, 7) is 0.599. The van der Waals surface area contributed by atoms with Gasteiger partial charge in [-0.2, -0.15) is 0 Å². The molecule has 0 aromatic heterocycles. The first-order valence-electron chi connectivity index (χ1n) is 3.77. The fourth-order valence-electron chi connectivity index (χ4n) is 1.13. The molecule has 0 radical (unpaired) electrons. The number of nitrogens with zero attached hydrogens (tertiary/aromatic N) is 1. The Morgan fingerprint density at radius 3 is 2.85 bits per heavy atom. The number of rotatable bonds is 2. The molecular formula is C8H7NO4. The highest BCUT2D eigenvalue weighted by molar-refractivity contribution is 5.48. The van der Waals surface area contributed by atoms with E-state index in [0.29, 0.717) is 6.61 Å². The molecule has 0 saturated carbocycles. The van der Waals surface area contributed by atoms with E-state index in [1.165, 1.54) is 12.1 Å². The van der Waals surface area contributed by atoms with Gasteiger partial charge in [-0.1, -0.05) is 6.07 Å². The quantitative estimate of drug-likeness (QED) is 0.424. The molecule has 0 aliphatic carbocycles. The molecule has 1 aliphatic heterocycles. The van der Waals surface area contributed by atoms with Crippen molar-refractivity contribution < 1.29 is 14.8 Å². The average Bonchev–Trinajstić information content (AvgIpc) is 2.87. The van der Waals surface area contributed by atoms with E-state index < -0.39 is 4.92 Å². The van der Waals surface area contributed by atoms with Gasteiger partial charge in [-0.3, -0.25) is 10.1 Å². The summed E-state index contributed by atoms with van der Waals surface area (Å²) in [5.41, 5.74) is 0.470. The zero-order valence-electron chi connectivity index (χ0n) is 6.64. The fourth-order valence-corrected chi connectivity index (χ4v) is 1.13. The lowest BCUT2D eigenvalue weighted by atomic mass is 10.1. The van der Waals surface area contributed by atoms with E-state index in [1.54, 1.807) is 6.07 Å². The molecule has 0 spiro atoms. The molecule has 1 aromatic carbocycles. The van der Waals surface area contributed by atoms with Crippen molar-refractivity contribution in [2.24, 2.45) is 0 Å². The van der Waals surface area contributed by atoms with Gasteiger partial charge in [0.2, 0.25) is 0 Å². The summed E-state index contributed by atoms with van der Waals surface area (Å²) in [7, 11) is 0. The summed E-state index contributed by atoms with van der Waals surface area (Å²) < 4.78 is 4.96. The van der Waals surface area contributed by atoms with Gasteiger partial charge in [0, 0.05) is 6.07 Å². The van der Waals surface area contributed by atoms with Crippen molar-refractivity contribution in [1.29, 1.82) is 0 Å². The van der Waals surface area contributed by atoms with Crippen LogP contribution in [0, 0.1) is 10.1 Å². The van der Waals surface area contributed by atoms with Crippen LogP contribution in [0.15, 0.2) is 18.2 Å². The first kappa shape index (κ1) is 8.00. The molecule has 1 N–H and O–H groups in total. The van der Waals surface area contributed by atoms with E-state index in [-0.39, 0.29) is 17.5 Å². The Kier molecular flexibility index (Phi) is 1.66. The molecule has 13 heavy (non-hydrogen) atoms. The zero-order valence-corrected chi connectivity index (χ0v) is 6.64. The Hall–Kier alpha value is -1.62. The lowest BCUT2D eigenvalue weighted by molar-refractivity contribution is -0.385. The van der Waals surface area contributed by atoms with Crippen molar-refractivity contribution in [2.75, 3.05) is 6.61 Å². The first-order chi connectivity index (χ1) is 6.18. The molecule has 1 aliphatic rings. The molecule has 1 saturated heterocycles. The highest BCUT2D eigenvalue weighted by Gasteiger charge is 2.27. The standard InChI is InChI=1S/C8H7NO4/c10-7-2-1-5(8-4-13-8)3-6(7)9(11)12/h1-3,8,10H,4H2. The molecule has 0 bridgehead atoms. The van der Waals surface area contributed by atoms with Gasteiger partial charge < -0.3 is 9.84 Å². The minimum absolute atomic E-state index is 0.0284. The SMILES string of the molecule is O=[N+]([O-])c1cc(C2CO2)ccc1O. The van der Waals surface area contributed by atoms with Crippen LogP contribution in [0.5, 0.6) is 5.75 Å². The summed E-state index contributed by atoms with van der Waals surface area (Å²) in [6.07, 6.45) is -0.0284. The van der Waals surface area contributed by atoms with E-state index in [2.05, 4.69) is 0 Å². The molecule has 1 aromatic rings. The molecule has 5 heteroatoms. The summed E-state index contributed by atoms with van der Waals surface area (Å²) in [5.74, 6) is -0.311. The number of ether oxygens (including phenoxy) is 1. The summed E-state index contributed by atoms with van der Waals surface area (Å²) in [6, 6.07) is 4.28. The Balaban J connectivity index is 2.41. The van der Waals surface area contributed by atoms with Gasteiger partial charge >= 0.3 is 5.69 Å². The smallest absolute Gasteiger partial charge is 0.311 e. The summed E-state index contributed by atoms with van der Waals surface area (Å²) in [5, 5.41) is 19.5. The number of nitro benzene ring substituents is 1. The predicted octanol–water partition coefficient (Wildman–Crippen LogP) is 1.37. The maximum Gasteiger partial charge on any atom is 0.311 e. The van der Waals surface area contributed by atoms with Crippen molar-refractivity contribution in [3.8, 4) is 5.75 Å². The molecule has 5 nitrogen and oxygen atoms in total. The maximum absolute atomic E-state index is 10.4. The second-order valence-corrected chi connectivity index (χ2v) is 2.83. The van der Waals surface area contributed by atoms with Gasteiger partial charge in [0.05, 0.1) is 11.5 Å². The number of phenols is 1. The molecule has 1 fully saturated rings. The monoisotopic (exact) mass is 181 g/mol. The van der Waals surface area contributed by atoms with Gasteiger partial charge in [0.15, 0.2) is 5.75 Å². The molecule has 2 rings (SSSR count). The predicted molar refractivity (Wildman–Crippen MR) is 43.5 cm³/mol. The van der Waals surface area contributed by atoms with Crippen molar-refractivity contribution in [1.82, 2.24) is 0 Å². The van der Waals surface area contributed by atoms with E-state index in [0.717, 1.165) is 5.56 Å². The normalized spacial score (nSPS) is 19.8. The third-order valence-electron chi connectivity index (χ3n) is 1.90. The second-order valence-electron chi connectivity index (χ2n) is 2.83. The second kappa shape index (κ2) is 2.70. The number of aromatic hydroxyl groups is 1. The van der Waals surface area contributed by atoms with E-state index in [1.807, 2.05) is 0 Å². The van der Waals surface area contributed by atoms with Crippen LogP contribution in [-0.2, 0) is 4.74 Å². The van der Waals surface area contributed by atoms with Crippen LogP contribution in [0.3, 0.4) is 0 Å². The topological polar surface area (TPSA) is 75.9 Å². The van der Waals surface area contributed by atoms with Crippen LogP contribution in [0.2, 0.25) is 0 Å². The van der Waals surface area contributed by atoms with E-state index in [9.17, 15) is 10.1 Å². The number of nitro groups is 1. The van der Waals surface area contributed by atoms with E-state index >= 15 is 0 Å². The largest absolute Gasteiger partial charge is 0.502 e. The van der Waals surface area contributed by atoms with Crippen LogP contribution < -0.4 is 0 Å². The van der Waals surface area contributed by atoms with Crippen molar-refractivity contribution in [2.45, 2.75) is 6.10 Å². The van der Waals surface area contributed by atoms with Crippen molar-refractivity contribution >= 4 is 5.69 Å². The lowest BCUT2D eigenvalue weighted by Crippen LogP contribution is -1.90. The Labute approximate surface area is 73.7 Å². The molecule has 1 atom stereocenters. The molecule has 68 valence electrons. The Morgan fingerprint density at radius 1 is 1.62 bits per heavy atom. The van der Waals surface area contributed by atoms with Gasteiger partial charge in [-0.05, 0) is 11.6 Å². The maximum atomic E-state index is 10.4. The number of hydrogen-bond acceptors (Lipinski definition) is 4. The van der Waals surface area contributed by atoms with Gasteiger partial charge in [0.25, 0.3) is 0 Å². The molecule has 1 heterocycles. The Morgan fingerprint density at radius 2 is 2.31 bits per heavy atom. The zero-order chi connectivity index (χ0) is 9.42. The van der Waals surface area contributed by atoms with Crippen LogP contribution in [0.1, 0.15) is 11.7 Å². The van der Waals surface area contributed by atoms with Crippen molar-refractivity contribution in [3.63, 3.8) is 0 Å². The number of benzene rings is 1. The van der Waals surface area contributed by atoms with Crippen molar-refractivity contribution in [3.05, 3.63) is 33.9 Å². The highest BCUT2D eigenvalue weighted by Crippen LogP contribution is 2.35. The van der Waals surface area contributed by atoms with Gasteiger partial charge in [0.1, 0.15) is 6.10 Å². The minimum atomic E-state index is -0.610. The third kappa shape index (κ3) is 1.46. The van der Waals surface area contributed by atoms with Crippen LogP contribution in [0.25, 0.3) is 0 Å². The Bertz CT molecular complexity index is 359. The van der Waals surface area contributed by atoms with Gasteiger partial charge in [-0.15, -0.1) is 0 Å². The fraction of sp³-hybridized carbons (Fsp3) is 0.250. The number of hydrogen-bond donors (Lipinski definition) is 1. The first-order valence-corrected chi connectivity index (χ1v) is 3.77. The molecule has 1 unspecified atom stereocenters. The molecule has 0 amide bonds. The van der Waals surface area contributed by atoms with Crippen LogP contribution >= 0.6 is 0 Å². The highest BCUT2D eigenvalue weighted by atomic mass is 16.6. The average molecular weight is 181 g/mol. The van der Waals surface area contributed by atoms with Crippen LogP contribution in [-0.4, -0.2) is 16.6 Å². The minimum Gasteiger partial charge on any atom is -0.502 e. The number of epoxide rings is 1. The third-order valence-corrected chi connectivity index (χ3v) is 1.90.